The van der Waals surface area contributed by atoms with E-state index in [1.165, 1.54) is 22.1 Å². The van der Waals surface area contributed by atoms with E-state index < -0.39 is 5.97 Å². The minimum atomic E-state index is -0.760. The Labute approximate surface area is 199 Å². The zero-order chi connectivity index (χ0) is 23.3. The van der Waals surface area contributed by atoms with E-state index in [0.717, 1.165) is 41.9 Å². The molecule has 1 unspecified atom stereocenters. The first-order chi connectivity index (χ1) is 16.7. The van der Waals surface area contributed by atoms with Crippen molar-refractivity contribution in [2.45, 2.75) is 31.6 Å². The molecule has 5 nitrogen and oxygen atoms in total. The van der Waals surface area contributed by atoms with Crippen LogP contribution in [0.1, 0.15) is 41.0 Å². The third kappa shape index (κ3) is 4.88. The molecule has 1 atom stereocenters. The van der Waals surface area contributed by atoms with E-state index >= 15 is 0 Å². The number of nitrogens with one attached hydrogen (secondary N) is 1. The molecule has 5 rings (SSSR count). The van der Waals surface area contributed by atoms with E-state index in [1.807, 2.05) is 42.6 Å². The zero-order valence-corrected chi connectivity index (χ0v) is 19.0. The lowest BCUT2D eigenvalue weighted by Crippen LogP contribution is -2.10. The molecule has 172 valence electrons. The summed E-state index contributed by atoms with van der Waals surface area (Å²) < 4.78 is 6.06. The summed E-state index contributed by atoms with van der Waals surface area (Å²) in [7, 11) is 0. The lowest BCUT2D eigenvalue weighted by Gasteiger charge is -2.16. The van der Waals surface area contributed by atoms with Crippen molar-refractivity contribution in [3.63, 3.8) is 0 Å². The Balaban J connectivity index is 1.21. The van der Waals surface area contributed by atoms with Crippen molar-refractivity contribution in [2.75, 3.05) is 18.5 Å². The number of benzene rings is 3. The van der Waals surface area contributed by atoms with Crippen molar-refractivity contribution >= 4 is 22.6 Å². The first kappa shape index (κ1) is 22.0. The lowest BCUT2D eigenvalue weighted by atomic mass is 9.89. The largest absolute Gasteiger partial charge is 0.494 e. The van der Waals surface area contributed by atoms with Gasteiger partial charge in [0, 0.05) is 18.1 Å². The number of aliphatic carboxylic acids is 1. The third-order valence-electron chi connectivity index (χ3n) is 6.50. The number of carboxylic acid groups (broad SMARTS) is 1. The number of hydrogen-bond acceptors (Lipinski definition) is 4. The van der Waals surface area contributed by atoms with E-state index in [-0.39, 0.29) is 12.3 Å². The molecule has 0 bridgehead atoms. The fourth-order valence-corrected chi connectivity index (χ4v) is 4.85. The molecule has 0 radical (unpaired) electrons. The number of hydrogen-bond donors (Lipinski definition) is 2. The number of fused-ring (bicyclic) bond motifs is 3. The van der Waals surface area contributed by atoms with Crippen molar-refractivity contribution < 1.29 is 14.6 Å². The Hall–Kier alpha value is -3.86. The van der Waals surface area contributed by atoms with Crippen LogP contribution in [0.4, 0.5) is 5.82 Å². The van der Waals surface area contributed by atoms with Crippen molar-refractivity contribution in [3.8, 4) is 5.75 Å². The van der Waals surface area contributed by atoms with Gasteiger partial charge in [0.25, 0.3) is 0 Å². The maximum absolute atomic E-state index is 11.5. The van der Waals surface area contributed by atoms with Gasteiger partial charge in [-0.15, -0.1) is 0 Å². The molecule has 0 amide bonds. The summed E-state index contributed by atoms with van der Waals surface area (Å²) in [5, 5.41) is 15.2. The van der Waals surface area contributed by atoms with Crippen LogP contribution in [0.2, 0.25) is 0 Å². The molecule has 0 spiro atoms. The Morgan fingerprint density at radius 2 is 1.85 bits per heavy atom. The van der Waals surface area contributed by atoms with Crippen LogP contribution in [0.15, 0.2) is 79.0 Å². The van der Waals surface area contributed by atoms with E-state index in [4.69, 9.17) is 4.74 Å². The summed E-state index contributed by atoms with van der Waals surface area (Å²) in [5.41, 5.74) is 4.79. The zero-order valence-electron chi connectivity index (χ0n) is 19.0. The number of carboxylic acids is 1. The van der Waals surface area contributed by atoms with Gasteiger partial charge in [0.1, 0.15) is 11.6 Å². The number of ether oxygens (including phenoxy) is 1. The SMILES string of the molecule is O=C(O)CC1Cc2cc(OCCCNc3nccc4ccccc34)ccc2Cc2ccccc21. The molecule has 0 fully saturated rings. The van der Waals surface area contributed by atoms with Crippen LogP contribution in [0, 0.1) is 0 Å². The average molecular weight is 453 g/mol. The topological polar surface area (TPSA) is 71.5 Å². The van der Waals surface area contributed by atoms with Gasteiger partial charge in [0.2, 0.25) is 0 Å². The van der Waals surface area contributed by atoms with Crippen molar-refractivity contribution in [2.24, 2.45) is 0 Å². The molecular weight excluding hydrogens is 424 g/mol. The molecule has 0 aliphatic heterocycles. The van der Waals surface area contributed by atoms with Gasteiger partial charge >= 0.3 is 5.97 Å². The summed E-state index contributed by atoms with van der Waals surface area (Å²) in [4.78, 5) is 16.0. The van der Waals surface area contributed by atoms with Gasteiger partial charge in [0.15, 0.2) is 0 Å². The van der Waals surface area contributed by atoms with Crippen LogP contribution in [0.5, 0.6) is 5.75 Å². The second-order valence-corrected chi connectivity index (χ2v) is 8.81. The molecule has 1 aliphatic rings. The molecule has 1 heterocycles. The fourth-order valence-electron chi connectivity index (χ4n) is 4.85. The molecule has 0 saturated carbocycles. The minimum absolute atomic E-state index is 0.0254. The summed E-state index contributed by atoms with van der Waals surface area (Å²) in [5.74, 6) is 0.945. The van der Waals surface area contributed by atoms with Gasteiger partial charge in [0.05, 0.1) is 13.0 Å². The van der Waals surface area contributed by atoms with Gasteiger partial charge < -0.3 is 15.2 Å². The second kappa shape index (κ2) is 9.96. The number of pyridine rings is 1. The van der Waals surface area contributed by atoms with E-state index in [0.29, 0.717) is 13.0 Å². The van der Waals surface area contributed by atoms with Crippen LogP contribution in [-0.2, 0) is 17.6 Å². The van der Waals surface area contributed by atoms with Crippen LogP contribution < -0.4 is 10.1 Å². The highest BCUT2D eigenvalue weighted by Crippen LogP contribution is 2.35. The number of nitrogens with zero attached hydrogens (tertiary/aromatic N) is 1. The predicted molar refractivity (Wildman–Crippen MR) is 135 cm³/mol. The maximum atomic E-state index is 11.5. The monoisotopic (exact) mass is 452 g/mol. The number of carbonyl (C=O) groups is 1. The van der Waals surface area contributed by atoms with Crippen LogP contribution >= 0.6 is 0 Å². The lowest BCUT2D eigenvalue weighted by molar-refractivity contribution is -0.137. The molecule has 1 aromatic heterocycles. The standard InChI is InChI=1S/C29H28N2O3/c32-28(33)19-24-17-23-18-25(11-10-21(23)16-22-7-2-3-8-26(22)24)34-15-5-13-30-29-27-9-4-1-6-20(27)12-14-31-29/h1-4,6-12,14,18,24H,5,13,15-17,19H2,(H,30,31)(H,32,33). The highest BCUT2D eigenvalue weighted by atomic mass is 16.5. The molecule has 34 heavy (non-hydrogen) atoms. The highest BCUT2D eigenvalue weighted by Gasteiger charge is 2.24. The highest BCUT2D eigenvalue weighted by molar-refractivity contribution is 5.91. The second-order valence-electron chi connectivity index (χ2n) is 8.81. The Kier molecular flexibility index (Phi) is 6.43. The van der Waals surface area contributed by atoms with Gasteiger partial charge in [-0.2, -0.15) is 0 Å². The molecule has 5 heteroatoms. The summed E-state index contributed by atoms with van der Waals surface area (Å²) in [6.07, 6.45) is 4.34. The van der Waals surface area contributed by atoms with Gasteiger partial charge in [-0.3, -0.25) is 4.79 Å². The van der Waals surface area contributed by atoms with Gasteiger partial charge in [-0.25, -0.2) is 4.98 Å². The third-order valence-corrected chi connectivity index (χ3v) is 6.50. The molecule has 2 N–H and O–H groups in total. The molecule has 4 aromatic rings. The van der Waals surface area contributed by atoms with Crippen molar-refractivity contribution in [3.05, 3.63) is 101 Å². The Morgan fingerprint density at radius 3 is 2.76 bits per heavy atom. The van der Waals surface area contributed by atoms with E-state index in [9.17, 15) is 9.90 Å². The molecule has 1 aliphatic carbocycles. The fraction of sp³-hybridized carbons (Fsp3) is 0.241. The number of anilines is 1. The van der Waals surface area contributed by atoms with Gasteiger partial charge in [-0.1, -0.05) is 54.6 Å². The quantitative estimate of drug-likeness (QED) is 0.330. The smallest absolute Gasteiger partial charge is 0.303 e. The van der Waals surface area contributed by atoms with E-state index in [1.54, 1.807) is 0 Å². The normalized spacial score (nSPS) is 14.6. The molecule has 3 aromatic carbocycles. The Bertz CT molecular complexity index is 1310. The van der Waals surface area contributed by atoms with Gasteiger partial charge in [-0.05, 0) is 71.0 Å². The number of rotatable bonds is 8. The first-order valence-corrected chi connectivity index (χ1v) is 11.8. The summed E-state index contributed by atoms with van der Waals surface area (Å²) in [6.45, 7) is 1.36. The van der Waals surface area contributed by atoms with Crippen LogP contribution in [0.25, 0.3) is 10.8 Å². The van der Waals surface area contributed by atoms with E-state index in [2.05, 4.69) is 46.7 Å². The predicted octanol–water partition coefficient (Wildman–Crippen LogP) is 5.82. The Morgan fingerprint density at radius 1 is 1.00 bits per heavy atom. The van der Waals surface area contributed by atoms with Crippen molar-refractivity contribution in [1.82, 2.24) is 4.98 Å². The van der Waals surface area contributed by atoms with Crippen molar-refractivity contribution in [1.29, 1.82) is 0 Å². The summed E-state index contributed by atoms with van der Waals surface area (Å²) >= 11 is 0. The first-order valence-electron chi connectivity index (χ1n) is 11.8. The van der Waals surface area contributed by atoms with Crippen LogP contribution in [0.3, 0.4) is 0 Å². The maximum Gasteiger partial charge on any atom is 0.303 e. The average Bonchev–Trinajstić information content (AvgIpc) is 2.99. The van der Waals surface area contributed by atoms with Crippen LogP contribution in [-0.4, -0.2) is 29.2 Å². The minimum Gasteiger partial charge on any atom is -0.494 e. The summed E-state index contributed by atoms with van der Waals surface area (Å²) in [6, 6.07) is 24.7. The molecule has 0 saturated heterocycles. The molecular formula is C29H28N2O3. The number of aromatic nitrogens is 1.